The van der Waals surface area contributed by atoms with E-state index < -0.39 is 6.04 Å². The largest absolute Gasteiger partial charge is 0.496 e. The van der Waals surface area contributed by atoms with Crippen LogP contribution in [0.15, 0.2) is 42.5 Å². The number of carbonyl (C=O) groups excluding carboxylic acids is 2. The highest BCUT2D eigenvalue weighted by molar-refractivity contribution is 5.88. The average Bonchev–Trinajstić information content (AvgIpc) is 3.36. The van der Waals surface area contributed by atoms with Gasteiger partial charge in [0.05, 0.1) is 14.2 Å². The number of nitrogens with one attached hydrogen (secondary N) is 1. The first kappa shape index (κ1) is 25.3. The van der Waals surface area contributed by atoms with E-state index in [1.54, 1.807) is 30.3 Å². The Kier molecular flexibility index (Phi) is 9.13. The Bertz CT molecular complexity index is 938. The van der Waals surface area contributed by atoms with Gasteiger partial charge in [-0.2, -0.15) is 0 Å². The fourth-order valence-corrected chi connectivity index (χ4v) is 4.17. The molecule has 0 aliphatic heterocycles. The molecule has 0 aromatic heterocycles. The van der Waals surface area contributed by atoms with Crippen LogP contribution in [0.3, 0.4) is 0 Å². The van der Waals surface area contributed by atoms with Crippen molar-refractivity contribution in [3.8, 4) is 17.2 Å². The van der Waals surface area contributed by atoms with Crippen molar-refractivity contribution in [1.82, 2.24) is 10.2 Å². The molecule has 1 aliphatic carbocycles. The van der Waals surface area contributed by atoms with Crippen LogP contribution < -0.4 is 19.5 Å². The SMILES string of the molecule is CC[C@H](C(=O)NC1CCCC1)N(Cc1ccc(F)cc1)C(=O)COc1cc(OC)cc(OC)c1. The maximum absolute atomic E-state index is 13.4. The number of amides is 2. The molecular weight excluding hydrogens is 439 g/mol. The number of hydrogen-bond donors (Lipinski definition) is 1. The van der Waals surface area contributed by atoms with E-state index >= 15 is 0 Å². The summed E-state index contributed by atoms with van der Waals surface area (Å²) in [5.41, 5.74) is 0.727. The zero-order valence-corrected chi connectivity index (χ0v) is 20.0. The van der Waals surface area contributed by atoms with Crippen molar-refractivity contribution in [1.29, 1.82) is 0 Å². The van der Waals surface area contributed by atoms with Gasteiger partial charge >= 0.3 is 0 Å². The molecule has 2 aromatic rings. The molecule has 0 saturated heterocycles. The smallest absolute Gasteiger partial charge is 0.261 e. The Hall–Kier alpha value is -3.29. The highest BCUT2D eigenvalue weighted by atomic mass is 19.1. The Morgan fingerprint density at radius 3 is 2.18 bits per heavy atom. The van der Waals surface area contributed by atoms with Gasteiger partial charge < -0.3 is 24.4 Å². The number of hydrogen-bond acceptors (Lipinski definition) is 5. The van der Waals surface area contributed by atoms with Crippen molar-refractivity contribution in [2.24, 2.45) is 0 Å². The molecule has 184 valence electrons. The summed E-state index contributed by atoms with van der Waals surface area (Å²) in [5, 5.41) is 3.10. The van der Waals surface area contributed by atoms with E-state index in [9.17, 15) is 14.0 Å². The van der Waals surface area contributed by atoms with Crippen molar-refractivity contribution in [3.63, 3.8) is 0 Å². The average molecular weight is 473 g/mol. The Morgan fingerprint density at radius 1 is 1.03 bits per heavy atom. The monoisotopic (exact) mass is 472 g/mol. The third kappa shape index (κ3) is 6.85. The van der Waals surface area contributed by atoms with Crippen LogP contribution >= 0.6 is 0 Å². The van der Waals surface area contributed by atoms with Crippen LogP contribution in [0.2, 0.25) is 0 Å². The maximum atomic E-state index is 13.4. The second-order valence-electron chi connectivity index (χ2n) is 8.40. The summed E-state index contributed by atoms with van der Waals surface area (Å²) in [5.74, 6) is 0.602. The first-order valence-electron chi connectivity index (χ1n) is 11.6. The lowest BCUT2D eigenvalue weighted by atomic mass is 10.1. The molecule has 0 bridgehead atoms. The highest BCUT2D eigenvalue weighted by Gasteiger charge is 2.31. The lowest BCUT2D eigenvalue weighted by Crippen LogP contribution is -2.52. The molecule has 1 N–H and O–H groups in total. The van der Waals surface area contributed by atoms with E-state index in [-0.39, 0.29) is 36.8 Å². The lowest BCUT2D eigenvalue weighted by Gasteiger charge is -2.31. The van der Waals surface area contributed by atoms with Crippen LogP contribution in [-0.2, 0) is 16.1 Å². The minimum atomic E-state index is -0.665. The molecule has 3 rings (SSSR count). The first-order chi connectivity index (χ1) is 16.4. The Morgan fingerprint density at radius 2 is 1.62 bits per heavy atom. The molecule has 1 saturated carbocycles. The van der Waals surface area contributed by atoms with Crippen molar-refractivity contribution in [3.05, 3.63) is 53.8 Å². The van der Waals surface area contributed by atoms with Crippen molar-refractivity contribution in [2.45, 2.75) is 57.7 Å². The van der Waals surface area contributed by atoms with Crippen molar-refractivity contribution in [2.75, 3.05) is 20.8 Å². The molecule has 0 spiro atoms. The summed E-state index contributed by atoms with van der Waals surface area (Å²) in [6, 6.07) is 10.4. The van der Waals surface area contributed by atoms with Crippen LogP contribution in [0.1, 0.15) is 44.6 Å². The molecule has 0 heterocycles. The van der Waals surface area contributed by atoms with Crippen LogP contribution in [0.5, 0.6) is 17.2 Å². The standard InChI is InChI=1S/C26H33FN2O5/c1-4-24(26(31)28-20-7-5-6-8-20)29(16-18-9-11-19(27)12-10-18)25(30)17-34-23-14-21(32-2)13-22(15-23)33-3/h9-15,20,24H,4-8,16-17H2,1-3H3,(H,28,31)/t24-/m1/s1. The molecule has 1 atom stereocenters. The van der Waals surface area contributed by atoms with Gasteiger partial charge in [-0.15, -0.1) is 0 Å². The van der Waals surface area contributed by atoms with Gasteiger partial charge in [-0.05, 0) is 37.0 Å². The fraction of sp³-hybridized carbons (Fsp3) is 0.462. The molecule has 0 radical (unpaired) electrons. The van der Waals surface area contributed by atoms with Crippen LogP contribution in [0, 0.1) is 5.82 Å². The summed E-state index contributed by atoms with van der Waals surface area (Å²) >= 11 is 0. The number of benzene rings is 2. The number of carbonyl (C=O) groups is 2. The third-order valence-corrected chi connectivity index (χ3v) is 6.04. The molecule has 2 amide bonds. The molecule has 1 aliphatic rings. The third-order valence-electron chi connectivity index (χ3n) is 6.04. The predicted octanol–water partition coefficient (Wildman–Crippen LogP) is 4.09. The van der Waals surface area contributed by atoms with Gasteiger partial charge in [0.25, 0.3) is 5.91 Å². The first-order valence-corrected chi connectivity index (χ1v) is 11.6. The van der Waals surface area contributed by atoms with Gasteiger partial charge in [-0.1, -0.05) is 31.9 Å². The minimum absolute atomic E-state index is 0.143. The highest BCUT2D eigenvalue weighted by Crippen LogP contribution is 2.27. The zero-order valence-electron chi connectivity index (χ0n) is 20.0. The summed E-state index contributed by atoms with van der Waals surface area (Å²) in [7, 11) is 3.06. The topological polar surface area (TPSA) is 77.1 Å². The van der Waals surface area contributed by atoms with Crippen LogP contribution in [0.4, 0.5) is 4.39 Å². The van der Waals surface area contributed by atoms with E-state index in [4.69, 9.17) is 14.2 Å². The quantitative estimate of drug-likeness (QED) is 0.533. The van der Waals surface area contributed by atoms with E-state index in [2.05, 4.69) is 5.32 Å². The molecule has 2 aromatic carbocycles. The van der Waals surface area contributed by atoms with Crippen LogP contribution in [0.25, 0.3) is 0 Å². The van der Waals surface area contributed by atoms with Gasteiger partial charge in [0, 0.05) is 30.8 Å². The number of ether oxygens (including phenoxy) is 3. The normalized spacial score (nSPS) is 14.4. The minimum Gasteiger partial charge on any atom is -0.496 e. The second-order valence-corrected chi connectivity index (χ2v) is 8.40. The number of methoxy groups -OCH3 is 2. The molecule has 8 heteroatoms. The second kappa shape index (κ2) is 12.3. The lowest BCUT2D eigenvalue weighted by molar-refractivity contribution is -0.143. The Labute approximate surface area is 200 Å². The van der Waals surface area contributed by atoms with Gasteiger partial charge in [-0.3, -0.25) is 9.59 Å². The molecule has 0 unspecified atom stereocenters. The van der Waals surface area contributed by atoms with Gasteiger partial charge in [0.15, 0.2) is 6.61 Å². The maximum Gasteiger partial charge on any atom is 0.261 e. The van der Waals surface area contributed by atoms with Crippen molar-refractivity contribution >= 4 is 11.8 Å². The molecule has 1 fully saturated rings. The number of rotatable bonds is 11. The summed E-state index contributed by atoms with van der Waals surface area (Å²) in [4.78, 5) is 28.0. The van der Waals surface area contributed by atoms with Gasteiger partial charge in [0.2, 0.25) is 5.91 Å². The summed E-state index contributed by atoms with van der Waals surface area (Å²) in [6.45, 7) is 1.77. The van der Waals surface area contributed by atoms with Gasteiger partial charge in [-0.25, -0.2) is 4.39 Å². The molecule has 7 nitrogen and oxygen atoms in total. The number of halogens is 1. The predicted molar refractivity (Wildman–Crippen MR) is 126 cm³/mol. The summed E-state index contributed by atoms with van der Waals surface area (Å²) in [6.07, 6.45) is 4.54. The van der Waals surface area contributed by atoms with E-state index in [0.29, 0.717) is 23.7 Å². The van der Waals surface area contributed by atoms with Crippen molar-refractivity contribution < 1.29 is 28.2 Å². The van der Waals surface area contributed by atoms with E-state index in [1.807, 2.05) is 6.92 Å². The zero-order chi connectivity index (χ0) is 24.5. The summed E-state index contributed by atoms with van der Waals surface area (Å²) < 4.78 is 29.7. The van der Waals surface area contributed by atoms with E-state index in [1.165, 1.54) is 31.3 Å². The number of nitrogens with zero attached hydrogens (tertiary/aromatic N) is 1. The van der Waals surface area contributed by atoms with E-state index in [0.717, 1.165) is 31.2 Å². The van der Waals surface area contributed by atoms with Crippen LogP contribution in [-0.4, -0.2) is 49.6 Å². The fourth-order valence-electron chi connectivity index (χ4n) is 4.17. The Balaban J connectivity index is 1.77. The molecular formula is C26H33FN2O5. The van der Waals surface area contributed by atoms with Gasteiger partial charge in [0.1, 0.15) is 29.1 Å². The molecule has 34 heavy (non-hydrogen) atoms.